The molecule has 17 heavy (non-hydrogen) atoms. The van der Waals surface area contributed by atoms with Gasteiger partial charge in [0.25, 0.3) is 0 Å². The van der Waals surface area contributed by atoms with Crippen LogP contribution in [-0.2, 0) is 11.0 Å². The van der Waals surface area contributed by atoms with Gasteiger partial charge in [0.05, 0.1) is 5.56 Å². The number of amides is 1. The minimum atomic E-state index is -4.65. The number of alkyl halides is 3. The lowest BCUT2D eigenvalue weighted by molar-refractivity contribution is -0.137. The van der Waals surface area contributed by atoms with Crippen LogP contribution in [0, 0.1) is 0 Å². The first-order valence-corrected chi connectivity index (χ1v) is 4.38. The molecule has 0 bridgehead atoms. The van der Waals surface area contributed by atoms with Crippen LogP contribution in [0.15, 0.2) is 23.3 Å². The summed E-state index contributed by atoms with van der Waals surface area (Å²) in [6, 6.07) is 2.93. The molecule has 0 saturated heterocycles. The first-order valence-electron chi connectivity index (χ1n) is 4.38. The van der Waals surface area contributed by atoms with Crippen molar-refractivity contribution < 1.29 is 18.0 Å². The standard InChI is InChI=1S/C9H7F3N4O/c1-5(17)14-6-2-3-8(15-16-13)7(4-6)9(10,11)12/h2-4H,1H3,(H,14,17). The number of azide groups is 1. The van der Waals surface area contributed by atoms with Crippen LogP contribution in [0.4, 0.5) is 24.5 Å². The molecule has 1 N–H and O–H groups in total. The summed E-state index contributed by atoms with van der Waals surface area (Å²) in [7, 11) is 0. The molecule has 0 saturated carbocycles. The van der Waals surface area contributed by atoms with Gasteiger partial charge in [-0.05, 0) is 17.7 Å². The molecule has 0 unspecified atom stereocenters. The molecule has 0 aromatic heterocycles. The third-order valence-corrected chi connectivity index (χ3v) is 1.77. The molecule has 0 spiro atoms. The largest absolute Gasteiger partial charge is 0.416 e. The third-order valence-electron chi connectivity index (χ3n) is 1.77. The van der Waals surface area contributed by atoms with Crippen LogP contribution >= 0.6 is 0 Å². The fourth-order valence-corrected chi connectivity index (χ4v) is 1.18. The van der Waals surface area contributed by atoms with Crippen molar-refractivity contribution in [2.45, 2.75) is 13.1 Å². The van der Waals surface area contributed by atoms with Crippen LogP contribution in [-0.4, -0.2) is 5.91 Å². The van der Waals surface area contributed by atoms with E-state index < -0.39 is 23.3 Å². The Morgan fingerprint density at radius 1 is 1.47 bits per heavy atom. The Balaban J connectivity index is 3.29. The first-order chi connectivity index (χ1) is 7.84. The van der Waals surface area contributed by atoms with Gasteiger partial charge in [0, 0.05) is 23.2 Å². The van der Waals surface area contributed by atoms with Gasteiger partial charge in [-0.3, -0.25) is 4.79 Å². The van der Waals surface area contributed by atoms with Crippen molar-refractivity contribution in [3.05, 3.63) is 34.2 Å². The second kappa shape index (κ2) is 4.75. The number of hydrogen-bond acceptors (Lipinski definition) is 2. The molecule has 1 aromatic carbocycles. The maximum Gasteiger partial charge on any atom is 0.416 e. The summed E-state index contributed by atoms with van der Waals surface area (Å²) in [5.41, 5.74) is 6.50. The molecule has 0 aliphatic rings. The van der Waals surface area contributed by atoms with E-state index in [1.54, 1.807) is 0 Å². The monoisotopic (exact) mass is 244 g/mol. The zero-order valence-electron chi connectivity index (χ0n) is 8.62. The van der Waals surface area contributed by atoms with Crippen LogP contribution in [0.25, 0.3) is 10.4 Å². The van der Waals surface area contributed by atoms with Crippen molar-refractivity contribution in [1.82, 2.24) is 0 Å². The summed E-state index contributed by atoms with van der Waals surface area (Å²) in [6.45, 7) is 1.18. The van der Waals surface area contributed by atoms with Crippen molar-refractivity contribution in [1.29, 1.82) is 0 Å². The molecule has 1 amide bonds. The fourth-order valence-electron chi connectivity index (χ4n) is 1.18. The molecule has 0 fully saturated rings. The minimum Gasteiger partial charge on any atom is -0.326 e. The van der Waals surface area contributed by atoms with Gasteiger partial charge >= 0.3 is 6.18 Å². The lowest BCUT2D eigenvalue weighted by Gasteiger charge is -2.11. The van der Waals surface area contributed by atoms with Gasteiger partial charge in [-0.25, -0.2) is 0 Å². The molecule has 0 atom stereocenters. The number of halogens is 3. The fraction of sp³-hybridized carbons (Fsp3) is 0.222. The van der Waals surface area contributed by atoms with Crippen molar-refractivity contribution in [2.75, 3.05) is 5.32 Å². The second-order valence-electron chi connectivity index (χ2n) is 3.10. The molecular weight excluding hydrogens is 237 g/mol. The van der Waals surface area contributed by atoms with E-state index in [2.05, 4.69) is 15.3 Å². The number of hydrogen-bond donors (Lipinski definition) is 1. The van der Waals surface area contributed by atoms with Gasteiger partial charge in [0.1, 0.15) is 0 Å². The zero-order valence-corrected chi connectivity index (χ0v) is 8.62. The van der Waals surface area contributed by atoms with E-state index >= 15 is 0 Å². The van der Waals surface area contributed by atoms with Gasteiger partial charge in [0.2, 0.25) is 5.91 Å². The van der Waals surface area contributed by atoms with E-state index in [-0.39, 0.29) is 5.69 Å². The summed E-state index contributed by atoms with van der Waals surface area (Å²) in [6.07, 6.45) is -4.65. The number of nitrogens with one attached hydrogen (secondary N) is 1. The van der Waals surface area contributed by atoms with Crippen LogP contribution < -0.4 is 5.32 Å². The molecule has 1 rings (SSSR count). The Bertz CT molecular complexity index is 492. The van der Waals surface area contributed by atoms with Gasteiger partial charge in [-0.15, -0.1) is 0 Å². The average Bonchev–Trinajstić information content (AvgIpc) is 2.18. The topological polar surface area (TPSA) is 77.9 Å². The Labute approximate surface area is 93.9 Å². The van der Waals surface area contributed by atoms with E-state index in [0.29, 0.717) is 6.07 Å². The van der Waals surface area contributed by atoms with Gasteiger partial charge in [-0.1, -0.05) is 11.2 Å². The Kier molecular flexibility index (Phi) is 3.59. The minimum absolute atomic E-state index is 0.0123. The van der Waals surface area contributed by atoms with Crippen LogP contribution in [0.3, 0.4) is 0 Å². The maximum absolute atomic E-state index is 12.6. The molecule has 0 aliphatic heterocycles. The Hall–Kier alpha value is -2.21. The van der Waals surface area contributed by atoms with Crippen molar-refractivity contribution >= 4 is 17.3 Å². The highest BCUT2D eigenvalue weighted by Crippen LogP contribution is 2.37. The molecule has 0 heterocycles. The van der Waals surface area contributed by atoms with E-state index in [0.717, 1.165) is 6.07 Å². The smallest absolute Gasteiger partial charge is 0.326 e. The van der Waals surface area contributed by atoms with Crippen molar-refractivity contribution in [3.63, 3.8) is 0 Å². The lowest BCUT2D eigenvalue weighted by Crippen LogP contribution is -2.09. The maximum atomic E-state index is 12.6. The molecule has 0 radical (unpaired) electrons. The summed E-state index contributed by atoms with van der Waals surface area (Å²) in [4.78, 5) is 13.0. The number of benzene rings is 1. The second-order valence-corrected chi connectivity index (χ2v) is 3.10. The van der Waals surface area contributed by atoms with Gasteiger partial charge < -0.3 is 5.32 Å². The Morgan fingerprint density at radius 3 is 2.59 bits per heavy atom. The summed E-state index contributed by atoms with van der Waals surface area (Å²) >= 11 is 0. The number of carbonyl (C=O) groups excluding carboxylic acids is 1. The van der Waals surface area contributed by atoms with E-state index in [1.807, 2.05) is 0 Å². The summed E-state index contributed by atoms with van der Waals surface area (Å²) in [5.74, 6) is -0.491. The molecule has 0 aliphatic carbocycles. The van der Waals surface area contributed by atoms with Crippen molar-refractivity contribution in [3.8, 4) is 0 Å². The molecule has 5 nitrogen and oxygen atoms in total. The number of carbonyl (C=O) groups is 1. The zero-order chi connectivity index (χ0) is 13.1. The number of rotatable bonds is 2. The Morgan fingerprint density at radius 2 is 2.12 bits per heavy atom. The SMILES string of the molecule is CC(=O)Nc1ccc(N=[N+]=[N-])c(C(F)(F)F)c1. The van der Waals surface area contributed by atoms with E-state index in [9.17, 15) is 18.0 Å². The van der Waals surface area contributed by atoms with E-state index in [1.165, 1.54) is 13.0 Å². The average molecular weight is 244 g/mol. The van der Waals surface area contributed by atoms with E-state index in [4.69, 9.17) is 5.53 Å². The molecule has 1 aromatic rings. The third kappa shape index (κ3) is 3.39. The van der Waals surface area contributed by atoms with Crippen LogP contribution in [0.2, 0.25) is 0 Å². The molecule has 90 valence electrons. The highest BCUT2D eigenvalue weighted by atomic mass is 19.4. The molecule has 8 heteroatoms. The predicted octanol–water partition coefficient (Wildman–Crippen LogP) is 3.61. The number of anilines is 1. The van der Waals surface area contributed by atoms with Gasteiger partial charge in [0.15, 0.2) is 0 Å². The molecular formula is C9H7F3N4O. The van der Waals surface area contributed by atoms with Crippen molar-refractivity contribution in [2.24, 2.45) is 5.11 Å². The van der Waals surface area contributed by atoms with Gasteiger partial charge in [-0.2, -0.15) is 13.2 Å². The summed E-state index contributed by atoms with van der Waals surface area (Å²) in [5, 5.41) is 5.15. The highest BCUT2D eigenvalue weighted by Gasteiger charge is 2.33. The highest BCUT2D eigenvalue weighted by molar-refractivity contribution is 5.89. The van der Waals surface area contributed by atoms with Crippen LogP contribution in [0.1, 0.15) is 12.5 Å². The number of nitrogens with zero attached hydrogens (tertiary/aromatic N) is 3. The normalized spacial score (nSPS) is 10.6. The quantitative estimate of drug-likeness (QED) is 0.481. The predicted molar refractivity (Wildman–Crippen MR) is 54.6 cm³/mol. The summed E-state index contributed by atoms with van der Waals surface area (Å²) < 4.78 is 37.8. The lowest BCUT2D eigenvalue weighted by atomic mass is 10.1. The van der Waals surface area contributed by atoms with Crippen LogP contribution in [0.5, 0.6) is 0 Å². The first kappa shape index (κ1) is 12.9.